The molecule has 0 unspecified atom stereocenters. The minimum atomic E-state index is -1.17. The Labute approximate surface area is 116 Å². The average molecular weight is 330 g/mol. The molecule has 0 saturated heterocycles. The first-order chi connectivity index (χ1) is 8.56. The molecule has 5 nitrogen and oxygen atoms in total. The molecule has 0 aliphatic carbocycles. The third kappa shape index (κ3) is 2.96. The second-order valence-corrected chi connectivity index (χ2v) is 4.55. The van der Waals surface area contributed by atoms with Gasteiger partial charge in [0.05, 0.1) is 17.4 Å². The maximum Gasteiger partial charge on any atom is 0.356 e. The highest BCUT2D eigenvalue weighted by Crippen LogP contribution is 2.30. The summed E-state index contributed by atoms with van der Waals surface area (Å²) < 4.78 is 6.16. The first kappa shape index (κ1) is 12.8. The molecule has 0 radical (unpaired) electrons. The summed E-state index contributed by atoms with van der Waals surface area (Å²) in [5.74, 6) is -0.744. The molecule has 0 amide bonds. The van der Waals surface area contributed by atoms with E-state index in [2.05, 4.69) is 25.9 Å². The number of halogens is 2. The topological polar surface area (TPSA) is 72.3 Å². The minimum Gasteiger partial charge on any atom is -0.476 e. The van der Waals surface area contributed by atoms with Gasteiger partial charge in [0, 0.05) is 4.47 Å². The Morgan fingerprint density at radius 1 is 1.39 bits per heavy atom. The molecule has 0 aliphatic heterocycles. The Kier molecular flexibility index (Phi) is 3.78. The van der Waals surface area contributed by atoms with Crippen LogP contribution in [0.4, 0.5) is 0 Å². The van der Waals surface area contributed by atoms with Crippen LogP contribution in [-0.2, 0) is 0 Å². The number of aromatic carboxylic acids is 1. The zero-order valence-corrected chi connectivity index (χ0v) is 11.1. The van der Waals surface area contributed by atoms with E-state index >= 15 is 0 Å². The van der Waals surface area contributed by atoms with Gasteiger partial charge in [-0.1, -0.05) is 27.5 Å². The van der Waals surface area contributed by atoms with E-state index < -0.39 is 5.97 Å². The van der Waals surface area contributed by atoms with Crippen molar-refractivity contribution in [1.82, 2.24) is 9.97 Å². The van der Waals surface area contributed by atoms with Gasteiger partial charge in [0.1, 0.15) is 5.75 Å². The monoisotopic (exact) mass is 328 g/mol. The number of benzene rings is 1. The van der Waals surface area contributed by atoms with Crippen LogP contribution in [0.25, 0.3) is 0 Å². The standard InChI is InChI=1S/C11H6BrClN2O3/c12-6-1-2-7(13)9(3-6)18-10-5-14-4-8(15-10)11(16)17/h1-5H,(H,16,17). The number of carboxylic acid groups (broad SMARTS) is 1. The van der Waals surface area contributed by atoms with Gasteiger partial charge in [-0.05, 0) is 18.2 Å². The Morgan fingerprint density at radius 3 is 2.89 bits per heavy atom. The Hall–Kier alpha value is -1.66. The molecule has 0 saturated carbocycles. The predicted octanol–water partition coefficient (Wildman–Crippen LogP) is 3.38. The van der Waals surface area contributed by atoms with Crippen molar-refractivity contribution >= 4 is 33.5 Å². The maximum atomic E-state index is 10.7. The van der Waals surface area contributed by atoms with E-state index in [1.54, 1.807) is 18.2 Å². The molecular formula is C11H6BrClN2O3. The van der Waals surface area contributed by atoms with E-state index in [1.807, 2.05) is 0 Å². The van der Waals surface area contributed by atoms with E-state index in [4.69, 9.17) is 21.4 Å². The molecule has 0 atom stereocenters. The van der Waals surface area contributed by atoms with E-state index in [0.717, 1.165) is 10.7 Å². The molecule has 1 heterocycles. The lowest BCUT2D eigenvalue weighted by Gasteiger charge is -2.06. The van der Waals surface area contributed by atoms with Crippen LogP contribution >= 0.6 is 27.5 Å². The van der Waals surface area contributed by atoms with E-state index in [1.165, 1.54) is 6.20 Å². The first-order valence-electron chi connectivity index (χ1n) is 4.74. The predicted molar refractivity (Wildman–Crippen MR) is 68.2 cm³/mol. The molecule has 0 bridgehead atoms. The van der Waals surface area contributed by atoms with Crippen LogP contribution in [0.5, 0.6) is 11.6 Å². The van der Waals surface area contributed by atoms with Crippen molar-refractivity contribution in [3.8, 4) is 11.6 Å². The molecule has 18 heavy (non-hydrogen) atoms. The van der Waals surface area contributed by atoms with Gasteiger partial charge in [-0.25, -0.2) is 9.78 Å². The highest BCUT2D eigenvalue weighted by atomic mass is 79.9. The van der Waals surface area contributed by atoms with Gasteiger partial charge < -0.3 is 9.84 Å². The van der Waals surface area contributed by atoms with E-state index in [0.29, 0.717) is 10.8 Å². The van der Waals surface area contributed by atoms with Gasteiger partial charge in [0.25, 0.3) is 0 Å². The summed E-state index contributed by atoms with van der Waals surface area (Å²) in [5.41, 5.74) is -0.196. The Balaban J connectivity index is 2.31. The van der Waals surface area contributed by atoms with Gasteiger partial charge in [0.15, 0.2) is 5.69 Å². The highest BCUT2D eigenvalue weighted by Gasteiger charge is 2.09. The average Bonchev–Trinajstić information content (AvgIpc) is 2.34. The summed E-state index contributed by atoms with van der Waals surface area (Å²) in [6, 6.07) is 5.06. The van der Waals surface area contributed by atoms with Crippen LogP contribution in [0.1, 0.15) is 10.5 Å². The van der Waals surface area contributed by atoms with Crippen LogP contribution in [0.15, 0.2) is 35.1 Å². The third-order valence-electron chi connectivity index (χ3n) is 1.94. The fourth-order valence-corrected chi connectivity index (χ4v) is 1.66. The molecule has 1 N–H and O–H groups in total. The van der Waals surface area contributed by atoms with Crippen molar-refractivity contribution in [2.45, 2.75) is 0 Å². The number of ether oxygens (including phenoxy) is 1. The van der Waals surface area contributed by atoms with Crippen molar-refractivity contribution in [2.75, 3.05) is 0 Å². The van der Waals surface area contributed by atoms with E-state index in [-0.39, 0.29) is 11.6 Å². The quantitative estimate of drug-likeness (QED) is 0.934. The Morgan fingerprint density at radius 2 is 2.17 bits per heavy atom. The summed E-state index contributed by atoms with van der Waals surface area (Å²) in [6.45, 7) is 0. The molecular weight excluding hydrogens is 323 g/mol. The van der Waals surface area contributed by atoms with Crippen LogP contribution in [0.2, 0.25) is 5.02 Å². The van der Waals surface area contributed by atoms with E-state index in [9.17, 15) is 4.79 Å². The summed E-state index contributed by atoms with van der Waals surface area (Å²) in [5, 5.41) is 9.17. The first-order valence-corrected chi connectivity index (χ1v) is 5.91. The highest BCUT2D eigenvalue weighted by molar-refractivity contribution is 9.10. The van der Waals surface area contributed by atoms with Crippen LogP contribution in [0, 0.1) is 0 Å². The number of hydrogen-bond acceptors (Lipinski definition) is 4. The number of carbonyl (C=O) groups is 1. The molecule has 0 fully saturated rings. The summed E-state index contributed by atoms with van der Waals surface area (Å²) in [7, 11) is 0. The lowest BCUT2D eigenvalue weighted by molar-refractivity contribution is 0.0689. The van der Waals surface area contributed by atoms with Crippen LogP contribution in [-0.4, -0.2) is 21.0 Å². The molecule has 2 aromatic rings. The van der Waals surface area contributed by atoms with Crippen molar-refractivity contribution in [2.24, 2.45) is 0 Å². The zero-order valence-electron chi connectivity index (χ0n) is 8.80. The summed E-state index contributed by atoms with van der Waals surface area (Å²) in [4.78, 5) is 18.2. The van der Waals surface area contributed by atoms with Crippen LogP contribution < -0.4 is 4.74 Å². The second kappa shape index (κ2) is 5.32. The molecule has 1 aromatic heterocycles. The lowest BCUT2D eigenvalue weighted by Crippen LogP contribution is -2.02. The van der Waals surface area contributed by atoms with Crippen molar-refractivity contribution in [1.29, 1.82) is 0 Å². The second-order valence-electron chi connectivity index (χ2n) is 3.22. The smallest absolute Gasteiger partial charge is 0.356 e. The molecule has 0 aliphatic rings. The lowest BCUT2D eigenvalue weighted by atomic mass is 10.3. The van der Waals surface area contributed by atoms with Crippen molar-refractivity contribution in [3.05, 3.63) is 45.8 Å². The van der Waals surface area contributed by atoms with Gasteiger partial charge in [-0.3, -0.25) is 4.98 Å². The Bertz CT molecular complexity index is 607. The number of nitrogens with zero attached hydrogens (tertiary/aromatic N) is 2. The molecule has 92 valence electrons. The molecule has 0 spiro atoms. The summed E-state index contributed by atoms with van der Waals surface area (Å²) >= 11 is 9.22. The summed E-state index contributed by atoms with van der Waals surface area (Å²) in [6.07, 6.45) is 2.45. The zero-order chi connectivity index (χ0) is 13.1. The van der Waals surface area contributed by atoms with Gasteiger partial charge in [-0.2, -0.15) is 0 Å². The number of rotatable bonds is 3. The van der Waals surface area contributed by atoms with Crippen molar-refractivity contribution < 1.29 is 14.6 Å². The molecule has 1 aromatic carbocycles. The van der Waals surface area contributed by atoms with Crippen LogP contribution in [0.3, 0.4) is 0 Å². The van der Waals surface area contributed by atoms with Gasteiger partial charge in [0.2, 0.25) is 5.88 Å². The number of aromatic nitrogens is 2. The minimum absolute atomic E-state index is 0.0647. The normalized spacial score (nSPS) is 10.1. The number of carboxylic acids is 1. The fourth-order valence-electron chi connectivity index (χ4n) is 1.17. The van der Waals surface area contributed by atoms with Gasteiger partial charge in [-0.15, -0.1) is 0 Å². The largest absolute Gasteiger partial charge is 0.476 e. The molecule has 7 heteroatoms. The van der Waals surface area contributed by atoms with Crippen molar-refractivity contribution in [3.63, 3.8) is 0 Å². The SMILES string of the molecule is O=C(O)c1cncc(Oc2cc(Br)ccc2Cl)n1. The third-order valence-corrected chi connectivity index (χ3v) is 2.74. The maximum absolute atomic E-state index is 10.7. The number of hydrogen-bond donors (Lipinski definition) is 1. The van der Waals surface area contributed by atoms with Gasteiger partial charge >= 0.3 is 5.97 Å². The molecule has 2 rings (SSSR count). The fraction of sp³-hybridized carbons (Fsp3) is 0.